The molecule has 0 aromatic rings. The Labute approximate surface area is 79.4 Å². The highest BCUT2D eigenvalue weighted by molar-refractivity contribution is 5.87. The minimum atomic E-state index is -1.06. The van der Waals surface area contributed by atoms with Gasteiger partial charge in [0.25, 0.3) is 0 Å². The smallest absolute Gasteiger partial charge is 0.335 e. The van der Waals surface area contributed by atoms with Crippen LogP contribution in [-0.2, 0) is 9.53 Å². The molecule has 0 rings (SSSR count). The lowest BCUT2D eigenvalue weighted by Gasteiger charge is -2.25. The van der Waals surface area contributed by atoms with E-state index < -0.39 is 17.7 Å². The molecule has 76 valence electrons. The molecule has 0 spiro atoms. The Kier molecular flexibility index (Phi) is 4.14. The third-order valence-corrected chi connectivity index (χ3v) is 1.71. The Morgan fingerprint density at radius 3 is 2.23 bits per heavy atom. The van der Waals surface area contributed by atoms with Gasteiger partial charge in [0.15, 0.2) is 0 Å². The molecule has 1 N–H and O–H groups in total. The van der Waals surface area contributed by atoms with Gasteiger partial charge >= 0.3 is 5.97 Å². The minimum Gasteiger partial charge on any atom is -0.432 e. The molecular weight excluding hydrogens is 168 g/mol. The van der Waals surface area contributed by atoms with Gasteiger partial charge in [-0.25, -0.2) is 4.79 Å². The second-order valence-corrected chi connectivity index (χ2v) is 4.10. The lowest BCUT2D eigenvalue weighted by atomic mass is 9.96. The molecule has 0 saturated heterocycles. The minimum absolute atomic E-state index is 0.441. The van der Waals surface area contributed by atoms with Crippen LogP contribution in [0.25, 0.3) is 0 Å². The second-order valence-electron chi connectivity index (χ2n) is 4.10. The van der Waals surface area contributed by atoms with Crippen molar-refractivity contribution in [2.45, 2.75) is 40.9 Å². The second kappa shape index (κ2) is 4.42. The predicted octanol–water partition coefficient (Wildman–Crippen LogP) is 1.86. The first-order chi connectivity index (χ1) is 5.79. The number of allylic oxidation sites excluding steroid dienone is 1. The molecule has 3 heteroatoms. The van der Waals surface area contributed by atoms with Crippen LogP contribution in [0.1, 0.15) is 34.6 Å². The van der Waals surface area contributed by atoms with Gasteiger partial charge in [0.2, 0.25) is 6.29 Å². The average Bonchev–Trinajstić information content (AvgIpc) is 2.01. The SMILES string of the molecule is CC=C(C)C(=O)OC(O)C(C)(C)C. The summed E-state index contributed by atoms with van der Waals surface area (Å²) in [5, 5.41) is 9.43. The molecular formula is C10H18O3. The number of aliphatic hydroxyl groups excluding tert-OH is 1. The maximum Gasteiger partial charge on any atom is 0.335 e. The zero-order chi connectivity index (χ0) is 10.6. The molecule has 0 aromatic heterocycles. The summed E-state index contributed by atoms with van der Waals surface area (Å²) in [4.78, 5) is 11.2. The number of esters is 1. The Bertz CT molecular complexity index is 211. The molecule has 0 aliphatic heterocycles. The summed E-state index contributed by atoms with van der Waals surface area (Å²) in [5.41, 5.74) is 0.0623. The van der Waals surface area contributed by atoms with Crippen LogP contribution in [0.4, 0.5) is 0 Å². The van der Waals surface area contributed by atoms with Crippen LogP contribution in [0.15, 0.2) is 11.6 Å². The van der Waals surface area contributed by atoms with Crippen LogP contribution in [0.5, 0.6) is 0 Å². The first kappa shape index (κ1) is 12.2. The summed E-state index contributed by atoms with van der Waals surface area (Å²) in [6, 6.07) is 0. The van der Waals surface area contributed by atoms with Crippen LogP contribution in [-0.4, -0.2) is 17.4 Å². The number of hydrogen-bond acceptors (Lipinski definition) is 3. The molecule has 13 heavy (non-hydrogen) atoms. The summed E-state index contributed by atoms with van der Waals surface area (Å²) < 4.78 is 4.82. The van der Waals surface area contributed by atoms with E-state index in [0.29, 0.717) is 5.57 Å². The molecule has 0 aliphatic rings. The Hall–Kier alpha value is -0.830. The largest absolute Gasteiger partial charge is 0.432 e. The molecule has 0 amide bonds. The van der Waals surface area contributed by atoms with E-state index in [-0.39, 0.29) is 0 Å². The zero-order valence-corrected chi connectivity index (χ0v) is 8.92. The van der Waals surface area contributed by atoms with Gasteiger partial charge in [-0.1, -0.05) is 26.8 Å². The number of carbonyl (C=O) groups excluding carboxylic acids is 1. The number of aliphatic hydroxyl groups is 1. The van der Waals surface area contributed by atoms with E-state index in [4.69, 9.17) is 4.74 Å². The maximum atomic E-state index is 11.2. The highest BCUT2D eigenvalue weighted by atomic mass is 16.6. The molecule has 0 aromatic carbocycles. The maximum absolute atomic E-state index is 11.2. The van der Waals surface area contributed by atoms with Crippen molar-refractivity contribution in [3.05, 3.63) is 11.6 Å². The fourth-order valence-electron chi connectivity index (χ4n) is 0.489. The highest BCUT2D eigenvalue weighted by Crippen LogP contribution is 2.20. The zero-order valence-electron chi connectivity index (χ0n) is 8.92. The van der Waals surface area contributed by atoms with Crippen molar-refractivity contribution in [2.75, 3.05) is 0 Å². The van der Waals surface area contributed by atoms with Gasteiger partial charge in [-0.3, -0.25) is 0 Å². The van der Waals surface area contributed by atoms with E-state index in [2.05, 4.69) is 0 Å². The van der Waals surface area contributed by atoms with Crippen molar-refractivity contribution >= 4 is 5.97 Å². The molecule has 3 nitrogen and oxygen atoms in total. The standard InChI is InChI=1S/C10H18O3/c1-6-7(2)8(11)13-9(12)10(3,4)5/h6,9,12H,1-5H3. The van der Waals surface area contributed by atoms with Crippen molar-refractivity contribution in [3.8, 4) is 0 Å². The molecule has 1 atom stereocenters. The van der Waals surface area contributed by atoms with Crippen molar-refractivity contribution in [2.24, 2.45) is 5.41 Å². The Balaban J connectivity index is 4.23. The van der Waals surface area contributed by atoms with Crippen LogP contribution < -0.4 is 0 Å². The molecule has 0 radical (unpaired) electrons. The third-order valence-electron chi connectivity index (χ3n) is 1.71. The monoisotopic (exact) mass is 186 g/mol. The van der Waals surface area contributed by atoms with E-state index in [1.54, 1.807) is 40.7 Å². The molecule has 1 unspecified atom stereocenters. The van der Waals surface area contributed by atoms with E-state index >= 15 is 0 Å². The summed E-state index contributed by atoms with van der Waals surface area (Å²) in [5.74, 6) is -0.468. The Morgan fingerprint density at radius 2 is 1.92 bits per heavy atom. The van der Waals surface area contributed by atoms with Crippen LogP contribution >= 0.6 is 0 Å². The van der Waals surface area contributed by atoms with Gasteiger partial charge < -0.3 is 9.84 Å². The van der Waals surface area contributed by atoms with Crippen LogP contribution in [0.3, 0.4) is 0 Å². The first-order valence-electron chi connectivity index (χ1n) is 4.31. The number of carbonyl (C=O) groups is 1. The molecule has 0 aliphatic carbocycles. The van der Waals surface area contributed by atoms with Gasteiger partial charge in [-0.2, -0.15) is 0 Å². The van der Waals surface area contributed by atoms with Gasteiger partial charge in [0.05, 0.1) is 0 Å². The van der Waals surface area contributed by atoms with Crippen molar-refractivity contribution < 1.29 is 14.6 Å². The quantitative estimate of drug-likeness (QED) is 0.407. The van der Waals surface area contributed by atoms with Gasteiger partial charge in [0.1, 0.15) is 0 Å². The molecule has 0 heterocycles. The summed E-state index contributed by atoms with van der Waals surface area (Å²) in [6.45, 7) is 8.81. The highest BCUT2D eigenvalue weighted by Gasteiger charge is 2.26. The summed E-state index contributed by atoms with van der Waals surface area (Å²) >= 11 is 0. The average molecular weight is 186 g/mol. The molecule has 0 bridgehead atoms. The van der Waals surface area contributed by atoms with Crippen LogP contribution in [0, 0.1) is 5.41 Å². The molecule has 0 fully saturated rings. The van der Waals surface area contributed by atoms with Crippen molar-refractivity contribution in [1.29, 1.82) is 0 Å². The molecule has 0 saturated carbocycles. The van der Waals surface area contributed by atoms with E-state index in [1.807, 2.05) is 0 Å². The lowest BCUT2D eigenvalue weighted by molar-refractivity contribution is -0.181. The van der Waals surface area contributed by atoms with Crippen molar-refractivity contribution in [3.63, 3.8) is 0 Å². The van der Waals surface area contributed by atoms with Gasteiger partial charge in [-0.15, -0.1) is 0 Å². The number of rotatable bonds is 2. The predicted molar refractivity (Wildman–Crippen MR) is 51.0 cm³/mol. The normalized spacial score (nSPS) is 15.4. The number of hydrogen-bond donors (Lipinski definition) is 1. The van der Waals surface area contributed by atoms with E-state index in [9.17, 15) is 9.90 Å². The third kappa shape index (κ3) is 4.08. The topological polar surface area (TPSA) is 46.5 Å². The summed E-state index contributed by atoms with van der Waals surface area (Å²) in [6.07, 6.45) is 0.590. The Morgan fingerprint density at radius 1 is 1.46 bits per heavy atom. The van der Waals surface area contributed by atoms with Crippen LogP contribution in [0.2, 0.25) is 0 Å². The van der Waals surface area contributed by atoms with Gasteiger partial charge in [-0.05, 0) is 13.8 Å². The first-order valence-corrected chi connectivity index (χ1v) is 4.31. The fourth-order valence-corrected chi connectivity index (χ4v) is 0.489. The van der Waals surface area contributed by atoms with E-state index in [0.717, 1.165) is 0 Å². The van der Waals surface area contributed by atoms with E-state index in [1.165, 1.54) is 0 Å². The van der Waals surface area contributed by atoms with Gasteiger partial charge in [0, 0.05) is 11.0 Å². The van der Waals surface area contributed by atoms with Crippen molar-refractivity contribution in [1.82, 2.24) is 0 Å². The lowest BCUT2D eigenvalue weighted by Crippen LogP contribution is -2.31. The fraction of sp³-hybridized carbons (Fsp3) is 0.700. The summed E-state index contributed by atoms with van der Waals surface area (Å²) in [7, 11) is 0. The number of ether oxygens (including phenoxy) is 1.